The Balaban J connectivity index is 2.38. The molecule has 1 heterocycles. The van der Waals surface area contributed by atoms with Crippen LogP contribution in [0.15, 0.2) is 22.9 Å². The van der Waals surface area contributed by atoms with Crippen molar-refractivity contribution in [3.63, 3.8) is 0 Å². The molecule has 0 aromatic carbocycles. The predicted molar refractivity (Wildman–Crippen MR) is 76.3 cm³/mol. The third kappa shape index (κ3) is 6.42. The third-order valence-electron chi connectivity index (χ3n) is 2.00. The highest BCUT2D eigenvalue weighted by Gasteiger charge is 2.16. The Kier molecular flexibility index (Phi) is 5.60. The topological polar surface area (TPSA) is 60.5 Å². The predicted octanol–water partition coefficient (Wildman–Crippen LogP) is 3.14. The van der Waals surface area contributed by atoms with E-state index in [1.165, 1.54) is 0 Å². The lowest BCUT2D eigenvalue weighted by Crippen LogP contribution is -2.37. The summed E-state index contributed by atoms with van der Waals surface area (Å²) in [7, 11) is 0. The summed E-state index contributed by atoms with van der Waals surface area (Å²) >= 11 is 3.35. The van der Waals surface area contributed by atoms with Gasteiger partial charge in [0.2, 0.25) is 0 Å². The molecule has 0 saturated heterocycles. The first-order valence-corrected chi connectivity index (χ1v) is 6.80. The average molecular weight is 331 g/mol. The Labute approximate surface area is 121 Å². The number of amides is 1. The lowest BCUT2D eigenvalue weighted by molar-refractivity contribution is 0.0505. The number of rotatable bonds is 4. The molecule has 0 spiro atoms. The number of carbonyl (C=O) groups excluding carboxylic acids is 1. The van der Waals surface area contributed by atoms with Crippen molar-refractivity contribution in [3.05, 3.63) is 22.9 Å². The van der Waals surface area contributed by atoms with Gasteiger partial charge in [-0.1, -0.05) is 0 Å². The molecule has 0 saturated carbocycles. The number of halogens is 1. The van der Waals surface area contributed by atoms with E-state index in [0.717, 1.165) is 4.47 Å². The highest BCUT2D eigenvalue weighted by molar-refractivity contribution is 9.10. The molecule has 1 amide bonds. The van der Waals surface area contributed by atoms with Crippen molar-refractivity contribution < 1.29 is 14.3 Å². The van der Waals surface area contributed by atoms with Gasteiger partial charge in [0.05, 0.1) is 11.0 Å². The molecular formula is C13H19BrN2O3. The minimum absolute atomic E-state index is 0.175. The first kappa shape index (κ1) is 15.8. The number of ether oxygens (including phenoxy) is 2. The van der Waals surface area contributed by atoms with Crippen molar-refractivity contribution in [1.82, 2.24) is 10.3 Å². The highest BCUT2D eigenvalue weighted by Crippen LogP contribution is 2.23. The van der Waals surface area contributed by atoms with Crippen LogP contribution in [0.25, 0.3) is 0 Å². The number of alkyl carbamates (subject to hydrolysis) is 1. The van der Waals surface area contributed by atoms with Gasteiger partial charge in [0.15, 0.2) is 0 Å². The zero-order valence-electron chi connectivity index (χ0n) is 11.6. The standard InChI is InChI=1S/C13H19BrN2O3/c1-9(7-16-12(17)19-13(2,3)4)18-11-5-6-15-8-10(11)14/h5-6,8-9H,7H2,1-4H3,(H,16,17)/t9-/m0/s1. The van der Waals surface area contributed by atoms with Crippen molar-refractivity contribution in [2.75, 3.05) is 6.54 Å². The second-order valence-electron chi connectivity index (χ2n) is 5.12. The van der Waals surface area contributed by atoms with E-state index in [2.05, 4.69) is 26.2 Å². The van der Waals surface area contributed by atoms with E-state index >= 15 is 0 Å². The van der Waals surface area contributed by atoms with Gasteiger partial charge in [-0.3, -0.25) is 4.98 Å². The van der Waals surface area contributed by atoms with E-state index in [-0.39, 0.29) is 6.10 Å². The Morgan fingerprint density at radius 3 is 2.79 bits per heavy atom. The van der Waals surface area contributed by atoms with Gasteiger partial charge in [-0.2, -0.15) is 0 Å². The molecule has 0 aliphatic rings. The molecule has 0 aliphatic carbocycles. The third-order valence-corrected chi connectivity index (χ3v) is 2.59. The molecule has 0 fully saturated rings. The van der Waals surface area contributed by atoms with E-state index in [0.29, 0.717) is 12.3 Å². The number of aromatic nitrogens is 1. The Bertz CT molecular complexity index is 432. The normalized spacial score (nSPS) is 12.7. The zero-order valence-corrected chi connectivity index (χ0v) is 13.2. The molecule has 1 rings (SSSR count). The molecule has 106 valence electrons. The Morgan fingerprint density at radius 1 is 1.53 bits per heavy atom. The summed E-state index contributed by atoms with van der Waals surface area (Å²) in [5.74, 6) is 0.688. The molecule has 19 heavy (non-hydrogen) atoms. The lowest BCUT2D eigenvalue weighted by atomic mass is 10.2. The first-order chi connectivity index (χ1) is 8.78. The molecule has 1 atom stereocenters. The van der Waals surface area contributed by atoms with Gasteiger partial charge in [0.1, 0.15) is 17.5 Å². The highest BCUT2D eigenvalue weighted by atomic mass is 79.9. The number of nitrogens with one attached hydrogen (secondary N) is 1. The second-order valence-corrected chi connectivity index (χ2v) is 5.97. The molecule has 5 nitrogen and oxygen atoms in total. The summed E-state index contributed by atoms with van der Waals surface area (Å²) in [6.07, 6.45) is 2.68. The van der Waals surface area contributed by atoms with E-state index < -0.39 is 11.7 Å². The van der Waals surface area contributed by atoms with Crippen LogP contribution in [0, 0.1) is 0 Å². The van der Waals surface area contributed by atoms with E-state index in [9.17, 15) is 4.79 Å². The van der Waals surface area contributed by atoms with Gasteiger partial charge in [-0.25, -0.2) is 4.79 Å². The molecule has 1 aromatic heterocycles. The summed E-state index contributed by atoms with van der Waals surface area (Å²) in [6.45, 7) is 7.69. The van der Waals surface area contributed by atoms with Crippen LogP contribution >= 0.6 is 15.9 Å². The maximum absolute atomic E-state index is 11.5. The van der Waals surface area contributed by atoms with E-state index in [4.69, 9.17) is 9.47 Å². The minimum atomic E-state index is -0.498. The molecule has 0 bridgehead atoms. The number of carbonyl (C=O) groups is 1. The zero-order chi connectivity index (χ0) is 14.5. The van der Waals surface area contributed by atoms with Crippen molar-refractivity contribution in [2.24, 2.45) is 0 Å². The molecule has 0 radical (unpaired) electrons. The smallest absolute Gasteiger partial charge is 0.407 e. The molecular weight excluding hydrogens is 312 g/mol. The SMILES string of the molecule is C[C@@H](CNC(=O)OC(C)(C)C)Oc1ccncc1Br. The van der Waals surface area contributed by atoms with Crippen LogP contribution in [-0.2, 0) is 4.74 Å². The summed E-state index contributed by atoms with van der Waals surface area (Å²) in [4.78, 5) is 15.4. The average Bonchev–Trinajstić information content (AvgIpc) is 2.27. The van der Waals surface area contributed by atoms with Crippen molar-refractivity contribution in [3.8, 4) is 5.75 Å². The Hall–Kier alpha value is -1.30. The van der Waals surface area contributed by atoms with Crippen LogP contribution in [0.3, 0.4) is 0 Å². The summed E-state index contributed by atoms with van der Waals surface area (Å²) in [5, 5.41) is 2.66. The van der Waals surface area contributed by atoms with Crippen molar-refractivity contribution in [1.29, 1.82) is 0 Å². The summed E-state index contributed by atoms with van der Waals surface area (Å²) in [6, 6.07) is 1.76. The second kappa shape index (κ2) is 6.75. The monoisotopic (exact) mass is 330 g/mol. The fraction of sp³-hybridized carbons (Fsp3) is 0.538. The minimum Gasteiger partial charge on any atom is -0.488 e. The van der Waals surface area contributed by atoms with Crippen LogP contribution in [0.2, 0.25) is 0 Å². The summed E-state index contributed by atoms with van der Waals surface area (Å²) in [5.41, 5.74) is -0.498. The van der Waals surface area contributed by atoms with Gasteiger partial charge in [0.25, 0.3) is 0 Å². The van der Waals surface area contributed by atoms with Gasteiger partial charge in [-0.05, 0) is 49.7 Å². The number of hydrogen-bond donors (Lipinski definition) is 1. The number of pyridine rings is 1. The van der Waals surface area contributed by atoms with Crippen molar-refractivity contribution in [2.45, 2.75) is 39.4 Å². The van der Waals surface area contributed by atoms with Crippen LogP contribution in [0.1, 0.15) is 27.7 Å². The molecule has 1 aromatic rings. The van der Waals surface area contributed by atoms with E-state index in [1.54, 1.807) is 18.5 Å². The fourth-order valence-corrected chi connectivity index (χ4v) is 1.60. The van der Waals surface area contributed by atoms with Crippen LogP contribution in [0.4, 0.5) is 4.79 Å². The van der Waals surface area contributed by atoms with Crippen LogP contribution < -0.4 is 10.1 Å². The lowest BCUT2D eigenvalue weighted by Gasteiger charge is -2.21. The Morgan fingerprint density at radius 2 is 2.21 bits per heavy atom. The molecule has 0 unspecified atom stereocenters. The van der Waals surface area contributed by atoms with Crippen LogP contribution in [0.5, 0.6) is 5.75 Å². The molecule has 1 N–H and O–H groups in total. The van der Waals surface area contributed by atoms with Crippen molar-refractivity contribution >= 4 is 22.0 Å². The summed E-state index contributed by atoms with van der Waals surface area (Å²) < 4.78 is 11.6. The van der Waals surface area contributed by atoms with E-state index in [1.807, 2.05) is 27.7 Å². The fourth-order valence-electron chi connectivity index (χ4n) is 1.26. The maximum atomic E-state index is 11.5. The van der Waals surface area contributed by atoms with Gasteiger partial charge >= 0.3 is 6.09 Å². The number of nitrogens with zero attached hydrogens (tertiary/aromatic N) is 1. The van der Waals surface area contributed by atoms with Gasteiger partial charge in [0, 0.05) is 12.4 Å². The largest absolute Gasteiger partial charge is 0.488 e. The van der Waals surface area contributed by atoms with Gasteiger partial charge < -0.3 is 14.8 Å². The van der Waals surface area contributed by atoms with Crippen LogP contribution in [-0.4, -0.2) is 29.3 Å². The quantitative estimate of drug-likeness (QED) is 0.921. The van der Waals surface area contributed by atoms with Gasteiger partial charge in [-0.15, -0.1) is 0 Å². The first-order valence-electron chi connectivity index (χ1n) is 6.01. The molecule has 0 aliphatic heterocycles. The molecule has 6 heteroatoms. The number of hydrogen-bond acceptors (Lipinski definition) is 4. The maximum Gasteiger partial charge on any atom is 0.407 e.